The van der Waals surface area contributed by atoms with Crippen molar-refractivity contribution in [1.29, 1.82) is 0 Å². The minimum atomic E-state index is -0.347. The minimum Gasteiger partial charge on any atom is -0.508 e. The van der Waals surface area contributed by atoms with Crippen LogP contribution in [0, 0.1) is 5.82 Å². The van der Waals surface area contributed by atoms with E-state index in [1.807, 2.05) is 6.08 Å². The van der Waals surface area contributed by atoms with E-state index in [4.69, 9.17) is 0 Å². The molecule has 1 fully saturated rings. The first-order chi connectivity index (χ1) is 8.72. The molecular formula is C14H19FN2O. The van der Waals surface area contributed by atoms with Crippen LogP contribution in [-0.2, 0) is 0 Å². The summed E-state index contributed by atoms with van der Waals surface area (Å²) >= 11 is 0. The predicted octanol–water partition coefficient (Wildman–Crippen LogP) is 2.05. The van der Waals surface area contributed by atoms with Crippen molar-refractivity contribution in [2.24, 2.45) is 0 Å². The van der Waals surface area contributed by atoms with Crippen molar-refractivity contribution >= 4 is 0 Å². The molecule has 0 radical (unpaired) electrons. The highest BCUT2D eigenvalue weighted by atomic mass is 19.1. The Morgan fingerprint density at radius 3 is 2.78 bits per heavy atom. The van der Waals surface area contributed by atoms with Crippen LogP contribution in [0.15, 0.2) is 30.9 Å². The number of piperazine rings is 1. The lowest BCUT2D eigenvalue weighted by molar-refractivity contribution is 0.171. The van der Waals surface area contributed by atoms with Crippen LogP contribution in [0.4, 0.5) is 4.39 Å². The summed E-state index contributed by atoms with van der Waals surface area (Å²) in [5.41, 5.74) is 0.634. The average Bonchev–Trinajstić information content (AvgIpc) is 2.38. The van der Waals surface area contributed by atoms with Crippen molar-refractivity contribution in [3.63, 3.8) is 0 Å². The van der Waals surface area contributed by atoms with Crippen LogP contribution in [0.25, 0.3) is 0 Å². The fraction of sp³-hybridized carbons (Fsp3) is 0.429. The van der Waals surface area contributed by atoms with Gasteiger partial charge in [0, 0.05) is 43.9 Å². The number of benzene rings is 1. The Bertz CT molecular complexity index is 416. The molecule has 0 aromatic heterocycles. The molecule has 0 unspecified atom stereocenters. The highest BCUT2D eigenvalue weighted by Crippen LogP contribution is 2.29. The van der Waals surface area contributed by atoms with Crippen LogP contribution < -0.4 is 5.32 Å². The Morgan fingerprint density at radius 2 is 2.17 bits per heavy atom. The lowest BCUT2D eigenvalue weighted by Gasteiger charge is -2.35. The number of phenolic OH excluding ortho intramolecular Hbond substituents is 1. The Morgan fingerprint density at radius 1 is 1.44 bits per heavy atom. The molecule has 0 saturated carbocycles. The van der Waals surface area contributed by atoms with Crippen LogP contribution in [0.2, 0.25) is 0 Å². The Kier molecular flexibility index (Phi) is 4.33. The molecule has 2 N–H and O–H groups in total. The fourth-order valence-corrected chi connectivity index (χ4v) is 2.41. The molecule has 1 aromatic carbocycles. The number of nitrogens with one attached hydrogen (secondary N) is 1. The van der Waals surface area contributed by atoms with E-state index in [9.17, 15) is 9.50 Å². The molecule has 4 heteroatoms. The summed E-state index contributed by atoms with van der Waals surface area (Å²) in [5.74, 6) is -0.380. The van der Waals surface area contributed by atoms with Gasteiger partial charge in [0.15, 0.2) is 0 Å². The smallest absolute Gasteiger partial charge is 0.131 e. The van der Waals surface area contributed by atoms with Gasteiger partial charge in [-0.05, 0) is 12.5 Å². The van der Waals surface area contributed by atoms with Crippen LogP contribution in [0.1, 0.15) is 18.0 Å². The topological polar surface area (TPSA) is 35.5 Å². The van der Waals surface area contributed by atoms with E-state index < -0.39 is 0 Å². The predicted molar refractivity (Wildman–Crippen MR) is 70.1 cm³/mol. The van der Waals surface area contributed by atoms with Gasteiger partial charge in [0.2, 0.25) is 0 Å². The van der Waals surface area contributed by atoms with Gasteiger partial charge in [-0.1, -0.05) is 12.1 Å². The maximum absolute atomic E-state index is 13.9. The molecule has 1 saturated heterocycles. The number of phenols is 1. The zero-order valence-corrected chi connectivity index (χ0v) is 10.4. The van der Waals surface area contributed by atoms with Gasteiger partial charge in [0.1, 0.15) is 11.6 Å². The lowest BCUT2D eigenvalue weighted by Crippen LogP contribution is -2.45. The van der Waals surface area contributed by atoms with Crippen molar-refractivity contribution in [2.45, 2.75) is 12.5 Å². The SMILES string of the molecule is C=CC[C@@H](c1ccc(O)cc1F)N1CCNCC1. The standard InChI is InChI=1S/C14H19FN2O/c1-2-3-14(17-8-6-16-7-9-17)12-5-4-11(18)10-13(12)15/h2,4-5,10,14,16,18H,1,3,6-9H2/t14-/m0/s1. The molecule has 1 aliphatic rings. The fourth-order valence-electron chi connectivity index (χ4n) is 2.41. The molecule has 3 nitrogen and oxygen atoms in total. The summed E-state index contributed by atoms with van der Waals surface area (Å²) in [5, 5.41) is 12.6. The van der Waals surface area contributed by atoms with Crippen LogP contribution in [-0.4, -0.2) is 36.2 Å². The number of halogens is 1. The van der Waals surface area contributed by atoms with E-state index in [0.717, 1.165) is 26.2 Å². The molecule has 0 spiro atoms. The Labute approximate surface area is 107 Å². The van der Waals surface area contributed by atoms with Gasteiger partial charge in [0.25, 0.3) is 0 Å². The second-order valence-electron chi connectivity index (χ2n) is 4.53. The summed E-state index contributed by atoms with van der Waals surface area (Å²) in [4.78, 5) is 2.26. The maximum Gasteiger partial charge on any atom is 0.131 e. The zero-order valence-electron chi connectivity index (χ0n) is 10.4. The normalized spacial score (nSPS) is 18.5. The molecule has 0 amide bonds. The first kappa shape index (κ1) is 13.1. The molecule has 1 aliphatic heterocycles. The van der Waals surface area contributed by atoms with E-state index in [1.54, 1.807) is 6.07 Å². The van der Waals surface area contributed by atoms with Gasteiger partial charge in [-0.15, -0.1) is 6.58 Å². The van der Waals surface area contributed by atoms with Crippen molar-refractivity contribution < 1.29 is 9.50 Å². The quantitative estimate of drug-likeness (QED) is 0.803. The molecule has 1 atom stereocenters. The molecule has 18 heavy (non-hydrogen) atoms. The summed E-state index contributed by atoms with van der Waals surface area (Å²) in [6, 6.07) is 4.38. The third kappa shape index (κ3) is 2.89. The number of nitrogens with zero attached hydrogens (tertiary/aromatic N) is 1. The van der Waals surface area contributed by atoms with Gasteiger partial charge < -0.3 is 10.4 Å². The third-order valence-corrected chi connectivity index (χ3v) is 3.33. The first-order valence-electron chi connectivity index (χ1n) is 6.26. The first-order valence-corrected chi connectivity index (χ1v) is 6.26. The zero-order chi connectivity index (χ0) is 13.0. The van der Waals surface area contributed by atoms with Crippen molar-refractivity contribution in [3.05, 3.63) is 42.2 Å². The van der Waals surface area contributed by atoms with Gasteiger partial charge in [-0.2, -0.15) is 0 Å². The Balaban J connectivity index is 2.24. The lowest BCUT2D eigenvalue weighted by atomic mass is 10.0. The second kappa shape index (κ2) is 5.98. The van der Waals surface area contributed by atoms with E-state index in [2.05, 4.69) is 16.8 Å². The molecule has 2 rings (SSSR count). The molecule has 0 bridgehead atoms. The average molecular weight is 250 g/mol. The van der Waals surface area contributed by atoms with Crippen LogP contribution >= 0.6 is 0 Å². The highest BCUT2D eigenvalue weighted by molar-refractivity contribution is 5.30. The summed E-state index contributed by atoms with van der Waals surface area (Å²) in [6.45, 7) is 7.41. The molecular weight excluding hydrogens is 231 g/mol. The highest BCUT2D eigenvalue weighted by Gasteiger charge is 2.23. The summed E-state index contributed by atoms with van der Waals surface area (Å²) in [6.07, 6.45) is 2.53. The number of rotatable bonds is 4. The van der Waals surface area contributed by atoms with Gasteiger partial charge in [-0.25, -0.2) is 4.39 Å². The molecule has 1 heterocycles. The third-order valence-electron chi connectivity index (χ3n) is 3.33. The second-order valence-corrected chi connectivity index (χ2v) is 4.53. The number of hydrogen-bond acceptors (Lipinski definition) is 3. The maximum atomic E-state index is 13.9. The molecule has 98 valence electrons. The van der Waals surface area contributed by atoms with E-state index in [0.29, 0.717) is 12.0 Å². The number of hydrogen-bond donors (Lipinski definition) is 2. The van der Waals surface area contributed by atoms with Crippen molar-refractivity contribution in [2.75, 3.05) is 26.2 Å². The summed E-state index contributed by atoms with van der Waals surface area (Å²) in [7, 11) is 0. The molecule has 0 aliphatic carbocycles. The van der Waals surface area contributed by atoms with E-state index >= 15 is 0 Å². The van der Waals surface area contributed by atoms with Crippen LogP contribution in [0.3, 0.4) is 0 Å². The van der Waals surface area contributed by atoms with E-state index in [1.165, 1.54) is 12.1 Å². The van der Waals surface area contributed by atoms with E-state index in [-0.39, 0.29) is 17.6 Å². The molecule has 1 aromatic rings. The largest absolute Gasteiger partial charge is 0.508 e. The van der Waals surface area contributed by atoms with Crippen molar-refractivity contribution in [1.82, 2.24) is 10.2 Å². The Hall–Kier alpha value is -1.39. The van der Waals surface area contributed by atoms with Crippen LogP contribution in [0.5, 0.6) is 5.75 Å². The summed E-state index contributed by atoms with van der Waals surface area (Å²) < 4.78 is 13.9. The monoisotopic (exact) mass is 250 g/mol. The van der Waals surface area contributed by atoms with Gasteiger partial charge in [0.05, 0.1) is 0 Å². The minimum absolute atomic E-state index is 0.00481. The van der Waals surface area contributed by atoms with Gasteiger partial charge >= 0.3 is 0 Å². The van der Waals surface area contributed by atoms with Gasteiger partial charge in [-0.3, -0.25) is 4.90 Å². The number of aromatic hydroxyl groups is 1. The van der Waals surface area contributed by atoms with Crippen molar-refractivity contribution in [3.8, 4) is 5.75 Å².